The highest BCUT2D eigenvalue weighted by molar-refractivity contribution is 6.14. The number of rotatable bonds is 5. The highest BCUT2D eigenvalue weighted by Crippen LogP contribution is 2.41. The summed E-state index contributed by atoms with van der Waals surface area (Å²) < 4.78 is 13.3. The average Bonchev–Trinajstić information content (AvgIpc) is 3.53. The van der Waals surface area contributed by atoms with E-state index in [4.69, 9.17) is 14.5 Å². The SMILES string of the molecule is CC(Cc1ccc2c(c1)c(C1=NCCOC1)c(O)n2C1CCOCC1)C1CC1. The maximum atomic E-state index is 11.3. The minimum Gasteiger partial charge on any atom is -0.494 e. The number of aromatic nitrogens is 1. The Hall–Kier alpha value is -1.85. The molecule has 0 amide bonds. The lowest BCUT2D eigenvalue weighted by Crippen LogP contribution is -2.20. The van der Waals surface area contributed by atoms with Crippen LogP contribution in [0.3, 0.4) is 0 Å². The molecule has 2 aromatic rings. The lowest BCUT2D eigenvalue weighted by Gasteiger charge is -2.25. The molecule has 1 saturated carbocycles. The Morgan fingerprint density at radius 1 is 1.14 bits per heavy atom. The number of hydrogen-bond acceptors (Lipinski definition) is 4. The normalized spacial score (nSPS) is 22.4. The first-order valence-electron chi connectivity index (χ1n) is 10.8. The van der Waals surface area contributed by atoms with Crippen LogP contribution in [0.2, 0.25) is 0 Å². The third-order valence-corrected chi connectivity index (χ3v) is 6.65. The van der Waals surface area contributed by atoms with Gasteiger partial charge in [-0.25, -0.2) is 0 Å². The summed E-state index contributed by atoms with van der Waals surface area (Å²) in [6, 6.07) is 7.01. The topological polar surface area (TPSA) is 56.0 Å². The quantitative estimate of drug-likeness (QED) is 0.847. The van der Waals surface area contributed by atoms with Gasteiger partial charge in [-0.15, -0.1) is 0 Å². The van der Waals surface area contributed by atoms with Crippen LogP contribution in [0.1, 0.15) is 49.8 Å². The smallest absolute Gasteiger partial charge is 0.201 e. The fraction of sp³-hybridized carbons (Fsp3) is 0.609. The molecule has 2 aliphatic heterocycles. The molecule has 2 fully saturated rings. The van der Waals surface area contributed by atoms with Gasteiger partial charge in [-0.05, 0) is 61.6 Å². The van der Waals surface area contributed by atoms with E-state index >= 15 is 0 Å². The van der Waals surface area contributed by atoms with E-state index in [0.717, 1.165) is 66.5 Å². The van der Waals surface area contributed by atoms with Gasteiger partial charge < -0.3 is 19.1 Å². The van der Waals surface area contributed by atoms with Crippen molar-refractivity contribution >= 4 is 16.6 Å². The van der Waals surface area contributed by atoms with Crippen molar-refractivity contribution in [2.24, 2.45) is 16.8 Å². The molecule has 0 radical (unpaired) electrons. The molecule has 1 saturated heterocycles. The molecule has 3 heterocycles. The van der Waals surface area contributed by atoms with Gasteiger partial charge in [0.1, 0.15) is 0 Å². The second-order valence-corrected chi connectivity index (χ2v) is 8.66. The highest BCUT2D eigenvalue weighted by atomic mass is 16.5. The Morgan fingerprint density at radius 2 is 1.96 bits per heavy atom. The van der Waals surface area contributed by atoms with E-state index in [2.05, 4.69) is 29.7 Å². The molecule has 0 spiro atoms. The molecule has 5 rings (SSSR count). The maximum Gasteiger partial charge on any atom is 0.201 e. The molecule has 3 aliphatic rings. The summed E-state index contributed by atoms with van der Waals surface area (Å²) >= 11 is 0. The lowest BCUT2D eigenvalue weighted by atomic mass is 9.95. The fourth-order valence-electron chi connectivity index (χ4n) is 4.89. The summed E-state index contributed by atoms with van der Waals surface area (Å²) in [7, 11) is 0. The molecule has 5 nitrogen and oxygen atoms in total. The van der Waals surface area contributed by atoms with Crippen LogP contribution in [0.4, 0.5) is 0 Å². The van der Waals surface area contributed by atoms with E-state index in [9.17, 15) is 5.11 Å². The van der Waals surface area contributed by atoms with Crippen molar-refractivity contribution in [1.82, 2.24) is 4.57 Å². The zero-order valence-corrected chi connectivity index (χ0v) is 16.7. The van der Waals surface area contributed by atoms with Crippen LogP contribution >= 0.6 is 0 Å². The first kappa shape index (κ1) is 18.2. The standard InChI is InChI=1S/C23H30N2O3/c1-15(17-3-4-17)12-16-2-5-21-19(13-16)22(20-14-28-11-8-24-20)23(26)25(21)18-6-9-27-10-7-18/h2,5,13,15,17-18,26H,3-4,6-12,14H2,1H3. The third-order valence-electron chi connectivity index (χ3n) is 6.65. The zero-order valence-electron chi connectivity index (χ0n) is 16.7. The van der Waals surface area contributed by atoms with E-state index in [1.54, 1.807) is 0 Å². The maximum absolute atomic E-state index is 11.3. The molecule has 5 heteroatoms. The average molecular weight is 383 g/mol. The van der Waals surface area contributed by atoms with Crippen molar-refractivity contribution in [1.29, 1.82) is 0 Å². The molecule has 0 bridgehead atoms. The van der Waals surface area contributed by atoms with E-state index < -0.39 is 0 Å². The number of hydrogen-bond donors (Lipinski definition) is 1. The first-order valence-corrected chi connectivity index (χ1v) is 10.8. The van der Waals surface area contributed by atoms with Gasteiger partial charge in [-0.3, -0.25) is 4.99 Å². The largest absolute Gasteiger partial charge is 0.494 e. The van der Waals surface area contributed by atoms with Gasteiger partial charge >= 0.3 is 0 Å². The lowest BCUT2D eigenvalue weighted by molar-refractivity contribution is 0.0688. The molecule has 1 N–H and O–H groups in total. The molecular formula is C23H30N2O3. The Labute approximate surface area is 166 Å². The van der Waals surface area contributed by atoms with E-state index in [1.165, 1.54) is 18.4 Å². The number of aliphatic imine (C=N–C) groups is 1. The van der Waals surface area contributed by atoms with Gasteiger partial charge in [0.25, 0.3) is 0 Å². The van der Waals surface area contributed by atoms with Crippen molar-refractivity contribution in [3.8, 4) is 5.88 Å². The summed E-state index contributed by atoms with van der Waals surface area (Å²) in [5, 5.41) is 12.4. The Kier molecular flexibility index (Phi) is 4.89. The van der Waals surface area contributed by atoms with Crippen molar-refractivity contribution in [2.75, 3.05) is 33.0 Å². The minimum atomic E-state index is 0.270. The van der Waals surface area contributed by atoms with Gasteiger partial charge in [-0.1, -0.05) is 13.0 Å². The van der Waals surface area contributed by atoms with E-state index in [0.29, 0.717) is 25.6 Å². The Bertz CT molecular complexity index is 891. The predicted octanol–water partition coefficient (Wildman–Crippen LogP) is 4.11. The van der Waals surface area contributed by atoms with Crippen molar-refractivity contribution < 1.29 is 14.6 Å². The van der Waals surface area contributed by atoms with Crippen molar-refractivity contribution in [3.05, 3.63) is 29.3 Å². The van der Waals surface area contributed by atoms with Gasteiger partial charge in [0.2, 0.25) is 5.88 Å². The molecule has 1 atom stereocenters. The van der Waals surface area contributed by atoms with E-state index in [1.807, 2.05) is 0 Å². The first-order chi connectivity index (χ1) is 13.7. The second-order valence-electron chi connectivity index (χ2n) is 8.66. The summed E-state index contributed by atoms with van der Waals surface area (Å²) in [6.07, 6.45) is 5.72. The van der Waals surface area contributed by atoms with Crippen LogP contribution in [0.25, 0.3) is 10.9 Å². The number of ether oxygens (including phenoxy) is 2. The van der Waals surface area contributed by atoms with Gasteiger partial charge in [-0.2, -0.15) is 0 Å². The van der Waals surface area contributed by atoms with Gasteiger partial charge in [0, 0.05) is 24.6 Å². The predicted molar refractivity (Wildman–Crippen MR) is 111 cm³/mol. The summed E-state index contributed by atoms with van der Waals surface area (Å²) in [4.78, 5) is 4.69. The number of fused-ring (bicyclic) bond motifs is 1. The monoisotopic (exact) mass is 382 g/mol. The van der Waals surface area contributed by atoms with Crippen LogP contribution in [0.15, 0.2) is 23.2 Å². The molecule has 1 aliphatic carbocycles. The molecule has 28 heavy (non-hydrogen) atoms. The zero-order chi connectivity index (χ0) is 19.1. The molecule has 150 valence electrons. The Balaban J connectivity index is 1.60. The number of benzene rings is 1. The second kappa shape index (κ2) is 7.53. The fourth-order valence-corrected chi connectivity index (χ4v) is 4.89. The number of aromatic hydroxyl groups is 1. The van der Waals surface area contributed by atoms with E-state index in [-0.39, 0.29) is 6.04 Å². The molecule has 1 aromatic carbocycles. The van der Waals surface area contributed by atoms with Crippen LogP contribution in [0.5, 0.6) is 5.88 Å². The van der Waals surface area contributed by atoms with Gasteiger partial charge in [0.15, 0.2) is 0 Å². The van der Waals surface area contributed by atoms with Crippen molar-refractivity contribution in [2.45, 2.75) is 45.1 Å². The highest BCUT2D eigenvalue weighted by Gasteiger charge is 2.29. The van der Waals surface area contributed by atoms with Gasteiger partial charge in [0.05, 0.1) is 36.6 Å². The van der Waals surface area contributed by atoms with Crippen LogP contribution in [-0.2, 0) is 15.9 Å². The van der Waals surface area contributed by atoms with Crippen LogP contribution in [0, 0.1) is 11.8 Å². The summed E-state index contributed by atoms with van der Waals surface area (Å²) in [5.74, 6) is 1.97. The van der Waals surface area contributed by atoms with Crippen LogP contribution in [-0.4, -0.2) is 48.4 Å². The summed E-state index contributed by atoms with van der Waals surface area (Å²) in [6.45, 7) is 5.67. The van der Waals surface area contributed by atoms with Crippen LogP contribution < -0.4 is 0 Å². The minimum absolute atomic E-state index is 0.270. The summed E-state index contributed by atoms with van der Waals surface area (Å²) in [5.41, 5.74) is 4.22. The number of nitrogens with zero attached hydrogens (tertiary/aromatic N) is 2. The molecule has 1 aromatic heterocycles. The molecular weight excluding hydrogens is 352 g/mol. The van der Waals surface area contributed by atoms with Crippen molar-refractivity contribution in [3.63, 3.8) is 0 Å². The molecule has 1 unspecified atom stereocenters. The third kappa shape index (κ3) is 3.35. The Morgan fingerprint density at radius 3 is 2.68 bits per heavy atom.